The number of halogens is 1. The van der Waals surface area contributed by atoms with E-state index in [2.05, 4.69) is 15.6 Å². The molecule has 0 radical (unpaired) electrons. The Kier molecular flexibility index (Phi) is 5.30. The summed E-state index contributed by atoms with van der Waals surface area (Å²) in [5.74, 6) is -0.383. The molecular weight excluding hydrogens is 310 g/mol. The second kappa shape index (κ2) is 7.19. The molecule has 7 heteroatoms. The molecule has 21 heavy (non-hydrogen) atoms. The lowest BCUT2D eigenvalue weighted by Crippen LogP contribution is -2.33. The van der Waals surface area contributed by atoms with E-state index in [0.29, 0.717) is 23.8 Å². The van der Waals surface area contributed by atoms with E-state index >= 15 is 0 Å². The Balaban J connectivity index is 1.96. The molecule has 1 aromatic carbocycles. The van der Waals surface area contributed by atoms with Crippen LogP contribution in [0.5, 0.6) is 0 Å². The van der Waals surface area contributed by atoms with Gasteiger partial charge in [0.1, 0.15) is 10.7 Å². The number of nitrogens with one attached hydrogen (secondary N) is 2. The van der Waals surface area contributed by atoms with Crippen molar-refractivity contribution in [2.45, 2.75) is 6.92 Å². The maximum absolute atomic E-state index is 11.9. The minimum absolute atomic E-state index is 0.124. The van der Waals surface area contributed by atoms with Crippen LogP contribution in [0.2, 0.25) is 5.02 Å². The van der Waals surface area contributed by atoms with Gasteiger partial charge >= 0.3 is 0 Å². The van der Waals surface area contributed by atoms with Crippen molar-refractivity contribution in [3.8, 4) is 10.6 Å². The van der Waals surface area contributed by atoms with Gasteiger partial charge in [0.2, 0.25) is 5.91 Å². The molecule has 2 amide bonds. The van der Waals surface area contributed by atoms with Crippen LogP contribution in [-0.2, 0) is 4.79 Å². The van der Waals surface area contributed by atoms with Gasteiger partial charge in [0.15, 0.2) is 0 Å². The molecular formula is C14H14ClN3O2S. The minimum Gasteiger partial charge on any atom is -0.355 e. The number of hydrogen-bond acceptors (Lipinski definition) is 4. The summed E-state index contributed by atoms with van der Waals surface area (Å²) in [6, 6.07) is 7.32. The van der Waals surface area contributed by atoms with E-state index in [1.807, 2.05) is 12.1 Å². The van der Waals surface area contributed by atoms with E-state index < -0.39 is 0 Å². The maximum atomic E-state index is 11.9. The van der Waals surface area contributed by atoms with Gasteiger partial charge in [-0.3, -0.25) is 9.59 Å². The Labute approximate surface area is 131 Å². The van der Waals surface area contributed by atoms with Gasteiger partial charge in [-0.1, -0.05) is 23.7 Å². The zero-order valence-electron chi connectivity index (χ0n) is 11.4. The summed E-state index contributed by atoms with van der Waals surface area (Å²) in [5.41, 5.74) is 1.24. The number of carbonyl (C=O) groups excluding carboxylic acids is 2. The van der Waals surface area contributed by atoms with Crippen molar-refractivity contribution < 1.29 is 9.59 Å². The molecule has 2 rings (SSSR count). The summed E-state index contributed by atoms with van der Waals surface area (Å²) >= 11 is 7.32. The third kappa shape index (κ3) is 4.54. The Morgan fingerprint density at radius 1 is 1.29 bits per heavy atom. The van der Waals surface area contributed by atoms with Gasteiger partial charge in [0.05, 0.1) is 0 Å². The number of benzene rings is 1. The van der Waals surface area contributed by atoms with Crippen LogP contribution in [0.3, 0.4) is 0 Å². The average molecular weight is 324 g/mol. The molecule has 0 spiro atoms. The SMILES string of the molecule is CC(=O)NCCNC(=O)c1csc(-c2cccc(Cl)c2)n1. The predicted molar refractivity (Wildman–Crippen MR) is 83.6 cm³/mol. The van der Waals surface area contributed by atoms with Gasteiger partial charge in [-0.15, -0.1) is 11.3 Å². The topological polar surface area (TPSA) is 71.1 Å². The summed E-state index contributed by atoms with van der Waals surface area (Å²) in [5, 5.41) is 8.37. The molecule has 0 unspecified atom stereocenters. The van der Waals surface area contributed by atoms with Gasteiger partial charge in [0, 0.05) is 36.0 Å². The second-order valence-corrected chi connectivity index (χ2v) is 5.58. The lowest BCUT2D eigenvalue weighted by molar-refractivity contribution is -0.118. The molecule has 0 aliphatic carbocycles. The minimum atomic E-state index is -0.259. The fourth-order valence-electron chi connectivity index (χ4n) is 1.64. The first kappa shape index (κ1) is 15.5. The lowest BCUT2D eigenvalue weighted by atomic mass is 10.2. The molecule has 1 heterocycles. The molecule has 0 fully saturated rings. The summed E-state index contributed by atoms with van der Waals surface area (Å²) in [7, 11) is 0. The summed E-state index contributed by atoms with van der Waals surface area (Å²) in [6.07, 6.45) is 0. The molecule has 0 atom stereocenters. The molecule has 0 bridgehead atoms. The largest absolute Gasteiger partial charge is 0.355 e. The van der Waals surface area contributed by atoms with E-state index in [0.717, 1.165) is 10.6 Å². The van der Waals surface area contributed by atoms with Crippen LogP contribution >= 0.6 is 22.9 Å². The first-order chi connectivity index (χ1) is 10.1. The van der Waals surface area contributed by atoms with Crippen LogP contribution < -0.4 is 10.6 Å². The first-order valence-corrected chi connectivity index (χ1v) is 7.56. The maximum Gasteiger partial charge on any atom is 0.270 e. The smallest absolute Gasteiger partial charge is 0.270 e. The monoisotopic (exact) mass is 323 g/mol. The number of thiazole rings is 1. The molecule has 5 nitrogen and oxygen atoms in total. The second-order valence-electron chi connectivity index (χ2n) is 4.29. The number of nitrogens with zero attached hydrogens (tertiary/aromatic N) is 1. The Hall–Kier alpha value is -1.92. The molecule has 0 aliphatic rings. The van der Waals surface area contributed by atoms with Gasteiger partial charge < -0.3 is 10.6 Å². The predicted octanol–water partition coefficient (Wildman–Crippen LogP) is 2.33. The van der Waals surface area contributed by atoms with Crippen molar-refractivity contribution in [2.24, 2.45) is 0 Å². The van der Waals surface area contributed by atoms with Crippen molar-refractivity contribution in [3.63, 3.8) is 0 Å². The van der Waals surface area contributed by atoms with Crippen molar-refractivity contribution in [1.29, 1.82) is 0 Å². The third-order valence-electron chi connectivity index (χ3n) is 2.59. The van der Waals surface area contributed by atoms with Crippen molar-refractivity contribution in [2.75, 3.05) is 13.1 Å². The quantitative estimate of drug-likeness (QED) is 0.830. The summed E-state index contributed by atoms with van der Waals surface area (Å²) in [6.45, 7) is 2.19. The van der Waals surface area contributed by atoms with Crippen LogP contribution in [-0.4, -0.2) is 29.9 Å². The van der Waals surface area contributed by atoms with Gasteiger partial charge in [-0.05, 0) is 12.1 Å². The van der Waals surface area contributed by atoms with E-state index in [1.165, 1.54) is 18.3 Å². The molecule has 2 aromatic rings. The highest BCUT2D eigenvalue weighted by atomic mass is 35.5. The van der Waals surface area contributed by atoms with Crippen LogP contribution in [0.15, 0.2) is 29.6 Å². The van der Waals surface area contributed by atoms with Crippen LogP contribution in [0.25, 0.3) is 10.6 Å². The van der Waals surface area contributed by atoms with Crippen molar-refractivity contribution >= 4 is 34.8 Å². The van der Waals surface area contributed by atoms with Gasteiger partial charge in [-0.25, -0.2) is 4.98 Å². The molecule has 1 aromatic heterocycles. The standard InChI is InChI=1S/C14H14ClN3O2S/c1-9(19)16-5-6-17-13(20)12-8-21-14(18-12)10-3-2-4-11(15)7-10/h2-4,7-8H,5-6H2,1H3,(H,16,19)(H,17,20). The number of hydrogen-bond donors (Lipinski definition) is 2. The highest BCUT2D eigenvalue weighted by Crippen LogP contribution is 2.25. The van der Waals surface area contributed by atoms with Crippen molar-refractivity contribution in [1.82, 2.24) is 15.6 Å². The van der Waals surface area contributed by atoms with Crippen molar-refractivity contribution in [3.05, 3.63) is 40.4 Å². The zero-order chi connectivity index (χ0) is 15.2. The highest BCUT2D eigenvalue weighted by Gasteiger charge is 2.11. The van der Waals surface area contributed by atoms with E-state index in [1.54, 1.807) is 17.5 Å². The summed E-state index contributed by atoms with van der Waals surface area (Å²) < 4.78 is 0. The molecule has 110 valence electrons. The Morgan fingerprint density at radius 3 is 2.76 bits per heavy atom. The Morgan fingerprint density at radius 2 is 2.05 bits per heavy atom. The van der Waals surface area contributed by atoms with Crippen LogP contribution in [0.4, 0.5) is 0 Å². The number of carbonyl (C=O) groups is 2. The van der Waals surface area contributed by atoms with Gasteiger partial charge in [-0.2, -0.15) is 0 Å². The number of aromatic nitrogens is 1. The third-order valence-corrected chi connectivity index (χ3v) is 3.72. The number of rotatable bonds is 5. The normalized spacial score (nSPS) is 10.2. The van der Waals surface area contributed by atoms with E-state index in [-0.39, 0.29) is 11.8 Å². The number of amides is 2. The van der Waals surface area contributed by atoms with Crippen LogP contribution in [0.1, 0.15) is 17.4 Å². The molecule has 2 N–H and O–H groups in total. The average Bonchev–Trinajstić information content (AvgIpc) is 2.93. The Bertz CT molecular complexity index is 657. The fraction of sp³-hybridized carbons (Fsp3) is 0.214. The fourth-order valence-corrected chi connectivity index (χ4v) is 2.62. The van der Waals surface area contributed by atoms with E-state index in [9.17, 15) is 9.59 Å². The lowest BCUT2D eigenvalue weighted by Gasteiger charge is -2.03. The molecule has 0 aliphatic heterocycles. The zero-order valence-corrected chi connectivity index (χ0v) is 12.9. The molecule has 0 saturated heterocycles. The highest BCUT2D eigenvalue weighted by molar-refractivity contribution is 7.13. The summed E-state index contributed by atoms with van der Waals surface area (Å²) in [4.78, 5) is 26.9. The first-order valence-electron chi connectivity index (χ1n) is 6.30. The molecule has 0 saturated carbocycles. The van der Waals surface area contributed by atoms with Gasteiger partial charge in [0.25, 0.3) is 5.91 Å². The van der Waals surface area contributed by atoms with E-state index in [4.69, 9.17) is 11.6 Å². The van der Waals surface area contributed by atoms with Crippen LogP contribution in [0, 0.1) is 0 Å².